The molecule has 6 nitrogen and oxygen atoms in total. The Bertz CT molecular complexity index is 604. The number of nitrogens with one attached hydrogen (secondary N) is 1. The minimum absolute atomic E-state index is 0.0861. The number of benzene rings is 1. The van der Waals surface area contributed by atoms with E-state index in [1.165, 1.54) is 0 Å². The molecular formula is C17H21N3O3. The Kier molecular flexibility index (Phi) is 5.91. The van der Waals surface area contributed by atoms with Gasteiger partial charge in [-0.2, -0.15) is 5.10 Å². The third-order valence-corrected chi connectivity index (χ3v) is 3.32. The summed E-state index contributed by atoms with van der Waals surface area (Å²) in [4.78, 5) is 23.0. The first-order valence-corrected chi connectivity index (χ1v) is 7.53. The Morgan fingerprint density at radius 1 is 1.39 bits per heavy atom. The summed E-state index contributed by atoms with van der Waals surface area (Å²) < 4.78 is 5.13. The molecule has 0 unspecified atom stereocenters. The highest BCUT2D eigenvalue weighted by Crippen LogP contribution is 2.18. The van der Waals surface area contributed by atoms with E-state index in [-0.39, 0.29) is 18.5 Å². The summed E-state index contributed by atoms with van der Waals surface area (Å²) in [5.74, 6) is 0.544. The monoisotopic (exact) mass is 315 g/mol. The van der Waals surface area contributed by atoms with Crippen LogP contribution in [0.2, 0.25) is 0 Å². The molecule has 2 rings (SSSR count). The highest BCUT2D eigenvalue weighted by Gasteiger charge is 2.23. The molecule has 1 saturated carbocycles. The fourth-order valence-corrected chi connectivity index (χ4v) is 1.99. The van der Waals surface area contributed by atoms with Crippen molar-refractivity contribution >= 4 is 18.0 Å². The second-order valence-corrected chi connectivity index (χ2v) is 5.26. The van der Waals surface area contributed by atoms with E-state index in [9.17, 15) is 9.59 Å². The van der Waals surface area contributed by atoms with Crippen LogP contribution in [-0.4, -0.2) is 42.7 Å². The first-order chi connectivity index (χ1) is 11.2. The van der Waals surface area contributed by atoms with Crippen LogP contribution in [0, 0.1) is 0 Å². The van der Waals surface area contributed by atoms with Crippen molar-refractivity contribution < 1.29 is 14.3 Å². The van der Waals surface area contributed by atoms with Crippen molar-refractivity contribution in [1.29, 1.82) is 0 Å². The molecular weight excluding hydrogens is 294 g/mol. The lowest BCUT2D eigenvalue weighted by atomic mass is 10.1. The topological polar surface area (TPSA) is 71.0 Å². The van der Waals surface area contributed by atoms with Gasteiger partial charge >= 0.3 is 0 Å². The number of amides is 2. The van der Waals surface area contributed by atoms with Crippen molar-refractivity contribution in [3.8, 4) is 5.75 Å². The fourth-order valence-electron chi connectivity index (χ4n) is 1.99. The first kappa shape index (κ1) is 16.7. The summed E-state index contributed by atoms with van der Waals surface area (Å²) in [6.07, 6.45) is 6.18. The maximum Gasteiger partial charge on any atom is 0.242 e. The van der Waals surface area contributed by atoms with Crippen molar-refractivity contribution in [3.05, 3.63) is 42.0 Å². The standard InChI is InChI=1S/C17H21N3O3/c1-3-4-16(13-5-9-15(23-2)10-6-13)19-20(12-21)11-17(22)18-14-7-8-14/h3-6,9-10,12,14H,7-8,11H2,1-2H3,(H,18,22)/b4-3-,19-16+. The number of ether oxygens (including phenoxy) is 1. The molecule has 2 amide bonds. The third kappa shape index (κ3) is 5.25. The van der Waals surface area contributed by atoms with Gasteiger partial charge in [0.15, 0.2) is 0 Å². The lowest BCUT2D eigenvalue weighted by Crippen LogP contribution is -2.35. The number of hydrazone groups is 1. The number of methoxy groups -OCH3 is 1. The molecule has 0 atom stereocenters. The highest BCUT2D eigenvalue weighted by molar-refractivity contribution is 6.08. The van der Waals surface area contributed by atoms with Gasteiger partial charge in [0.2, 0.25) is 12.3 Å². The minimum atomic E-state index is -0.196. The number of rotatable bonds is 8. The van der Waals surface area contributed by atoms with E-state index in [0.717, 1.165) is 29.2 Å². The summed E-state index contributed by atoms with van der Waals surface area (Å²) in [6, 6.07) is 7.60. The van der Waals surface area contributed by atoms with Crippen molar-refractivity contribution in [1.82, 2.24) is 10.3 Å². The Morgan fingerprint density at radius 2 is 2.09 bits per heavy atom. The molecule has 0 aromatic heterocycles. The average Bonchev–Trinajstić information content (AvgIpc) is 3.37. The molecule has 122 valence electrons. The molecule has 0 heterocycles. The Balaban J connectivity index is 2.13. The molecule has 1 fully saturated rings. The van der Waals surface area contributed by atoms with E-state index in [4.69, 9.17) is 4.74 Å². The second-order valence-electron chi connectivity index (χ2n) is 5.26. The Morgan fingerprint density at radius 3 is 2.61 bits per heavy atom. The number of hydrogen-bond donors (Lipinski definition) is 1. The van der Waals surface area contributed by atoms with Gasteiger partial charge in [0.25, 0.3) is 0 Å². The smallest absolute Gasteiger partial charge is 0.242 e. The Labute approximate surface area is 135 Å². The zero-order valence-electron chi connectivity index (χ0n) is 13.4. The number of nitrogens with zero attached hydrogens (tertiary/aromatic N) is 2. The van der Waals surface area contributed by atoms with Crippen LogP contribution in [0.1, 0.15) is 25.3 Å². The van der Waals surface area contributed by atoms with Crippen LogP contribution >= 0.6 is 0 Å². The van der Waals surface area contributed by atoms with E-state index in [0.29, 0.717) is 12.1 Å². The van der Waals surface area contributed by atoms with Gasteiger partial charge in [-0.25, -0.2) is 5.01 Å². The van der Waals surface area contributed by atoms with Crippen LogP contribution in [-0.2, 0) is 9.59 Å². The average molecular weight is 315 g/mol. The molecule has 1 aliphatic rings. The number of hydrogen-bond acceptors (Lipinski definition) is 4. The molecule has 23 heavy (non-hydrogen) atoms. The summed E-state index contributed by atoms with van der Waals surface area (Å²) in [5, 5.41) is 8.22. The van der Waals surface area contributed by atoms with Crippen LogP contribution in [0.4, 0.5) is 0 Å². The predicted molar refractivity (Wildman–Crippen MR) is 88.3 cm³/mol. The quantitative estimate of drug-likeness (QED) is 0.451. The molecule has 0 bridgehead atoms. The van der Waals surface area contributed by atoms with Gasteiger partial charge in [-0.3, -0.25) is 9.59 Å². The zero-order valence-corrected chi connectivity index (χ0v) is 13.4. The van der Waals surface area contributed by atoms with Gasteiger partial charge < -0.3 is 10.1 Å². The predicted octanol–water partition coefficient (Wildman–Crippen LogP) is 1.71. The van der Waals surface area contributed by atoms with Crippen LogP contribution in [0.15, 0.2) is 41.5 Å². The summed E-state index contributed by atoms with van der Waals surface area (Å²) in [6.45, 7) is 1.78. The zero-order chi connectivity index (χ0) is 16.7. The third-order valence-electron chi connectivity index (χ3n) is 3.32. The van der Waals surface area contributed by atoms with Gasteiger partial charge in [0.05, 0.1) is 12.8 Å². The molecule has 1 aromatic carbocycles. The van der Waals surface area contributed by atoms with Crippen molar-refractivity contribution in [3.63, 3.8) is 0 Å². The van der Waals surface area contributed by atoms with Crippen LogP contribution in [0.3, 0.4) is 0 Å². The molecule has 1 aliphatic carbocycles. The van der Waals surface area contributed by atoms with E-state index in [2.05, 4.69) is 10.4 Å². The lowest BCUT2D eigenvalue weighted by molar-refractivity contribution is -0.128. The lowest BCUT2D eigenvalue weighted by Gasteiger charge is -2.13. The van der Waals surface area contributed by atoms with Gasteiger partial charge in [-0.1, -0.05) is 6.08 Å². The summed E-state index contributed by atoms with van der Waals surface area (Å²) >= 11 is 0. The van der Waals surface area contributed by atoms with E-state index in [1.807, 2.05) is 37.3 Å². The number of carbonyl (C=O) groups is 2. The first-order valence-electron chi connectivity index (χ1n) is 7.53. The molecule has 0 aliphatic heterocycles. The molecule has 1 N–H and O–H groups in total. The van der Waals surface area contributed by atoms with Crippen molar-refractivity contribution in [2.45, 2.75) is 25.8 Å². The van der Waals surface area contributed by atoms with E-state index >= 15 is 0 Å². The SMILES string of the molecule is C/C=C\C(=N/N(C=O)CC(=O)NC1CC1)c1ccc(OC)cc1. The van der Waals surface area contributed by atoms with Crippen LogP contribution < -0.4 is 10.1 Å². The summed E-state index contributed by atoms with van der Waals surface area (Å²) in [5.41, 5.74) is 1.43. The number of carbonyl (C=O) groups excluding carboxylic acids is 2. The number of allylic oxidation sites excluding steroid dienone is 2. The van der Waals surface area contributed by atoms with E-state index in [1.54, 1.807) is 13.2 Å². The van der Waals surface area contributed by atoms with Crippen LogP contribution in [0.5, 0.6) is 5.75 Å². The molecule has 0 saturated heterocycles. The van der Waals surface area contributed by atoms with Gasteiger partial charge in [-0.05, 0) is 50.1 Å². The molecule has 0 spiro atoms. The maximum absolute atomic E-state index is 11.8. The van der Waals surface area contributed by atoms with Gasteiger partial charge in [0, 0.05) is 11.6 Å². The minimum Gasteiger partial charge on any atom is -0.497 e. The van der Waals surface area contributed by atoms with Gasteiger partial charge in [0.1, 0.15) is 12.3 Å². The fraction of sp³-hybridized carbons (Fsp3) is 0.353. The normalized spacial score (nSPS) is 14.6. The van der Waals surface area contributed by atoms with Gasteiger partial charge in [-0.15, -0.1) is 0 Å². The summed E-state index contributed by atoms with van der Waals surface area (Å²) in [7, 11) is 1.60. The largest absolute Gasteiger partial charge is 0.497 e. The van der Waals surface area contributed by atoms with E-state index < -0.39 is 0 Å². The maximum atomic E-state index is 11.8. The second kappa shape index (κ2) is 8.12. The van der Waals surface area contributed by atoms with Crippen molar-refractivity contribution in [2.75, 3.05) is 13.7 Å². The molecule has 6 heteroatoms. The highest BCUT2D eigenvalue weighted by atomic mass is 16.5. The molecule has 1 aromatic rings. The van der Waals surface area contributed by atoms with Crippen LogP contribution in [0.25, 0.3) is 0 Å². The molecule has 0 radical (unpaired) electrons. The Hall–Kier alpha value is -2.63. The van der Waals surface area contributed by atoms with Crippen molar-refractivity contribution in [2.24, 2.45) is 5.10 Å².